The van der Waals surface area contributed by atoms with Crippen LogP contribution in [0.25, 0.3) is 0 Å². The third kappa shape index (κ3) is 3.15. The molecule has 0 aliphatic carbocycles. The third-order valence-electron chi connectivity index (χ3n) is 0.991. The van der Waals surface area contributed by atoms with Crippen LogP contribution in [0.5, 0.6) is 0 Å². The summed E-state index contributed by atoms with van der Waals surface area (Å²) in [5, 5.41) is 8.26. The van der Waals surface area contributed by atoms with Crippen molar-refractivity contribution in [3.05, 3.63) is 0 Å². The van der Waals surface area contributed by atoms with Gasteiger partial charge in [-0.25, -0.2) is 0 Å². The van der Waals surface area contributed by atoms with Gasteiger partial charge in [0.05, 0.1) is 0 Å². The summed E-state index contributed by atoms with van der Waals surface area (Å²) < 4.78 is 35.4. The molecular weight excluding hydrogens is 256 g/mol. The Morgan fingerprint density at radius 3 is 1.83 bits per heavy atom. The van der Waals surface area contributed by atoms with Gasteiger partial charge in [0.15, 0.2) is 11.9 Å². The Morgan fingerprint density at radius 2 is 1.75 bits per heavy atom. The monoisotopic (exact) mass is 260 g/mol. The molecule has 1 unspecified atom stereocenters. The molecule has 0 rings (SSSR count). The van der Waals surface area contributed by atoms with E-state index in [-0.39, 0.29) is 26.2 Å². The Morgan fingerprint density at radius 1 is 1.42 bits per heavy atom. The second kappa shape index (κ2) is 4.87. The van der Waals surface area contributed by atoms with Gasteiger partial charge in [0.2, 0.25) is 0 Å². The molecule has 0 fully saturated rings. The zero-order chi connectivity index (χ0) is 9.23. The minimum Gasteiger partial charge on any atom is -0.379 e. The first-order valence-electron chi connectivity index (χ1n) is 2.56. The summed E-state index contributed by atoms with van der Waals surface area (Å²) in [4.78, 5) is 19.5. The fourth-order valence-corrected chi connectivity index (χ4v) is 0.363. The van der Waals surface area contributed by atoms with E-state index in [2.05, 4.69) is 0 Å². The Kier molecular flexibility index (Phi) is 5.88. The summed E-state index contributed by atoms with van der Waals surface area (Å²) in [6.45, 7) is 0.627. The molecule has 0 aliphatic rings. The number of carbonyl (C=O) groups is 2. The van der Waals surface area contributed by atoms with Crippen LogP contribution in [-0.4, -0.2) is 29.0 Å². The standard InChI is InChI=1S/C5H5F3O3.Zr/c1-2(9)3(10)5(7,8)4(6)11;/h3,10H,1H3;. The minimum atomic E-state index is -4.62. The Bertz CT molecular complexity index is 194. The van der Waals surface area contributed by atoms with Gasteiger partial charge in [-0.3, -0.25) is 9.59 Å². The van der Waals surface area contributed by atoms with Gasteiger partial charge >= 0.3 is 12.0 Å². The third-order valence-corrected chi connectivity index (χ3v) is 0.991. The first-order valence-corrected chi connectivity index (χ1v) is 2.56. The molecule has 3 nitrogen and oxygen atoms in total. The average molecular weight is 261 g/mol. The largest absolute Gasteiger partial charge is 0.379 e. The van der Waals surface area contributed by atoms with Crippen LogP contribution in [0.1, 0.15) is 6.92 Å². The van der Waals surface area contributed by atoms with Gasteiger partial charge in [-0.15, -0.1) is 0 Å². The van der Waals surface area contributed by atoms with E-state index in [1.165, 1.54) is 0 Å². The molecule has 0 saturated carbocycles. The van der Waals surface area contributed by atoms with Crippen molar-refractivity contribution < 1.29 is 54.1 Å². The van der Waals surface area contributed by atoms with Gasteiger partial charge < -0.3 is 5.11 Å². The van der Waals surface area contributed by atoms with Crippen molar-refractivity contribution in [1.29, 1.82) is 0 Å². The minimum absolute atomic E-state index is 0. The van der Waals surface area contributed by atoms with Crippen LogP contribution in [0.3, 0.4) is 0 Å². The molecule has 0 heterocycles. The van der Waals surface area contributed by atoms with Gasteiger partial charge in [-0.2, -0.15) is 13.2 Å². The molecule has 12 heavy (non-hydrogen) atoms. The van der Waals surface area contributed by atoms with Crippen LogP contribution in [0.4, 0.5) is 13.2 Å². The van der Waals surface area contributed by atoms with E-state index in [1.54, 1.807) is 0 Å². The number of carbonyl (C=O) groups excluding carboxylic acids is 2. The van der Waals surface area contributed by atoms with E-state index in [0.717, 1.165) is 0 Å². The Balaban J connectivity index is 0. The average Bonchev–Trinajstić information content (AvgIpc) is 1.85. The zero-order valence-electron chi connectivity index (χ0n) is 5.97. The molecule has 0 radical (unpaired) electrons. The van der Waals surface area contributed by atoms with E-state index in [9.17, 15) is 22.8 Å². The van der Waals surface area contributed by atoms with Gasteiger partial charge in [0.1, 0.15) is 0 Å². The van der Waals surface area contributed by atoms with E-state index in [4.69, 9.17) is 5.11 Å². The van der Waals surface area contributed by atoms with Crippen LogP contribution < -0.4 is 0 Å². The van der Waals surface area contributed by atoms with Crippen molar-refractivity contribution >= 4 is 11.8 Å². The van der Waals surface area contributed by atoms with Crippen LogP contribution in [0, 0.1) is 0 Å². The predicted molar refractivity (Wildman–Crippen MR) is 27.7 cm³/mol. The molecule has 0 aliphatic heterocycles. The molecule has 1 atom stereocenters. The summed E-state index contributed by atoms with van der Waals surface area (Å²) in [5.74, 6) is -5.98. The molecule has 0 saturated heterocycles. The molecule has 0 spiro atoms. The number of hydrogen-bond acceptors (Lipinski definition) is 3. The maximum Gasteiger partial charge on any atom is 0.373 e. The molecule has 0 aromatic rings. The molecule has 0 amide bonds. The van der Waals surface area contributed by atoms with Gasteiger partial charge in [0.25, 0.3) is 0 Å². The second-order valence-corrected chi connectivity index (χ2v) is 1.91. The van der Waals surface area contributed by atoms with Gasteiger partial charge in [0, 0.05) is 26.2 Å². The Hall–Kier alpha value is -0.0269. The van der Waals surface area contributed by atoms with E-state index in [0.29, 0.717) is 6.92 Å². The van der Waals surface area contributed by atoms with Crippen molar-refractivity contribution in [2.24, 2.45) is 0 Å². The number of rotatable bonds is 3. The first-order chi connectivity index (χ1) is 4.80. The first kappa shape index (κ1) is 14.5. The number of aliphatic hydroxyl groups excluding tert-OH is 1. The SMILES string of the molecule is CC(=O)C(O)C(F)(F)C(=O)F.[Zr]. The number of alkyl halides is 2. The number of ketones is 1. The maximum absolute atomic E-state index is 12.0. The van der Waals surface area contributed by atoms with Crippen molar-refractivity contribution in [2.75, 3.05) is 0 Å². The van der Waals surface area contributed by atoms with E-state index >= 15 is 0 Å². The smallest absolute Gasteiger partial charge is 0.373 e. The molecule has 0 bridgehead atoms. The molecular formula is C5H5F3O3Zr. The van der Waals surface area contributed by atoms with Gasteiger partial charge in [-0.05, 0) is 6.92 Å². The topological polar surface area (TPSA) is 54.4 Å². The summed E-state index contributed by atoms with van der Waals surface area (Å²) in [7, 11) is 0. The predicted octanol–water partition coefficient (Wildman–Crippen LogP) is 0.0652. The van der Waals surface area contributed by atoms with Crippen LogP contribution in [0.2, 0.25) is 0 Å². The fourth-order valence-electron chi connectivity index (χ4n) is 0.363. The number of Topliss-reactive ketones (excluding diaryl/α,β-unsaturated/α-hetero) is 1. The molecule has 0 aromatic carbocycles. The van der Waals surface area contributed by atoms with E-state index < -0.39 is 23.8 Å². The number of hydrogen-bond donors (Lipinski definition) is 1. The van der Waals surface area contributed by atoms with Crippen molar-refractivity contribution in [3.63, 3.8) is 0 Å². The summed E-state index contributed by atoms with van der Waals surface area (Å²) in [6, 6.07) is -3.01. The summed E-state index contributed by atoms with van der Waals surface area (Å²) in [6.07, 6.45) is -2.89. The second-order valence-electron chi connectivity index (χ2n) is 1.91. The van der Waals surface area contributed by atoms with Crippen molar-refractivity contribution in [1.82, 2.24) is 0 Å². The van der Waals surface area contributed by atoms with Crippen LogP contribution >= 0.6 is 0 Å². The number of halogens is 3. The maximum atomic E-state index is 12.0. The molecule has 68 valence electrons. The van der Waals surface area contributed by atoms with Crippen molar-refractivity contribution in [3.8, 4) is 0 Å². The summed E-state index contributed by atoms with van der Waals surface area (Å²) >= 11 is 0. The normalized spacial score (nSPS) is 13.1. The zero-order valence-corrected chi connectivity index (χ0v) is 8.43. The molecule has 7 heteroatoms. The van der Waals surface area contributed by atoms with Gasteiger partial charge in [-0.1, -0.05) is 0 Å². The van der Waals surface area contributed by atoms with E-state index in [1.807, 2.05) is 0 Å². The van der Waals surface area contributed by atoms with Crippen LogP contribution in [0.15, 0.2) is 0 Å². The fraction of sp³-hybridized carbons (Fsp3) is 0.600. The molecule has 1 N–H and O–H groups in total. The Labute approximate surface area is 85.1 Å². The van der Waals surface area contributed by atoms with Crippen molar-refractivity contribution in [2.45, 2.75) is 19.0 Å². The van der Waals surface area contributed by atoms with Crippen LogP contribution in [-0.2, 0) is 35.8 Å². The quantitative estimate of drug-likeness (QED) is 0.731. The number of aliphatic hydroxyl groups is 1. The summed E-state index contributed by atoms with van der Waals surface area (Å²) in [5.41, 5.74) is 0. The molecule has 0 aromatic heterocycles.